The molecular formula is C16H19FN2O4. The number of hydrogen-bond acceptors (Lipinski definition) is 3. The van der Waals surface area contributed by atoms with E-state index in [0.717, 1.165) is 6.07 Å². The molecule has 1 atom stereocenters. The Morgan fingerprint density at radius 1 is 1.39 bits per heavy atom. The molecule has 0 bridgehead atoms. The highest BCUT2D eigenvalue weighted by molar-refractivity contribution is 6.00. The zero-order chi connectivity index (χ0) is 17.2. The summed E-state index contributed by atoms with van der Waals surface area (Å²) in [6.45, 7) is 3.20. The van der Waals surface area contributed by atoms with E-state index in [2.05, 4.69) is 10.6 Å². The maximum absolute atomic E-state index is 14.2. The van der Waals surface area contributed by atoms with Crippen molar-refractivity contribution >= 4 is 23.5 Å². The van der Waals surface area contributed by atoms with Crippen LogP contribution in [0.2, 0.25) is 0 Å². The number of carbonyl (C=O) groups excluding carboxylic acids is 2. The Morgan fingerprint density at radius 3 is 2.70 bits per heavy atom. The van der Waals surface area contributed by atoms with E-state index in [9.17, 15) is 23.9 Å². The summed E-state index contributed by atoms with van der Waals surface area (Å²) in [5.74, 6) is -2.94. The molecule has 6 nitrogen and oxygen atoms in total. The number of carboxylic acids is 1. The molecule has 0 saturated heterocycles. The summed E-state index contributed by atoms with van der Waals surface area (Å²) < 4.78 is 14.2. The highest BCUT2D eigenvalue weighted by Crippen LogP contribution is 2.26. The minimum Gasteiger partial charge on any atom is -0.480 e. The average Bonchev–Trinajstić information content (AvgIpc) is 2.46. The second-order valence-corrected chi connectivity index (χ2v) is 5.88. The van der Waals surface area contributed by atoms with Gasteiger partial charge >= 0.3 is 5.97 Å². The minimum absolute atomic E-state index is 0.199. The van der Waals surface area contributed by atoms with Gasteiger partial charge in [0, 0.05) is 12.1 Å². The van der Waals surface area contributed by atoms with Gasteiger partial charge in [0.25, 0.3) is 5.91 Å². The van der Waals surface area contributed by atoms with Crippen LogP contribution in [0, 0.1) is 5.82 Å². The van der Waals surface area contributed by atoms with Crippen molar-refractivity contribution < 1.29 is 23.9 Å². The van der Waals surface area contributed by atoms with Crippen molar-refractivity contribution in [3.63, 3.8) is 0 Å². The van der Waals surface area contributed by atoms with Gasteiger partial charge in [-0.1, -0.05) is 13.3 Å². The quantitative estimate of drug-likeness (QED) is 0.773. The van der Waals surface area contributed by atoms with Crippen molar-refractivity contribution in [2.45, 2.75) is 45.1 Å². The zero-order valence-corrected chi connectivity index (χ0v) is 13.0. The fourth-order valence-electron chi connectivity index (χ4n) is 2.62. The second kappa shape index (κ2) is 6.36. The lowest BCUT2D eigenvalue weighted by Gasteiger charge is -2.26. The molecule has 1 heterocycles. The van der Waals surface area contributed by atoms with Crippen LogP contribution in [0.3, 0.4) is 0 Å². The van der Waals surface area contributed by atoms with Gasteiger partial charge in [-0.3, -0.25) is 9.59 Å². The number of aliphatic carboxylic acids is 1. The number of aryl methyl sites for hydroxylation is 1. The van der Waals surface area contributed by atoms with E-state index >= 15 is 0 Å². The van der Waals surface area contributed by atoms with Crippen LogP contribution in [0.25, 0.3) is 0 Å². The summed E-state index contributed by atoms with van der Waals surface area (Å²) in [5.41, 5.74) is -0.667. The molecule has 0 saturated carbocycles. The Balaban J connectivity index is 2.29. The molecule has 2 rings (SSSR count). The van der Waals surface area contributed by atoms with Crippen molar-refractivity contribution in [2.24, 2.45) is 0 Å². The van der Waals surface area contributed by atoms with Crippen LogP contribution in [-0.4, -0.2) is 28.4 Å². The summed E-state index contributed by atoms with van der Waals surface area (Å²) in [6.07, 6.45) is 1.47. The Kier molecular flexibility index (Phi) is 4.68. The van der Waals surface area contributed by atoms with Crippen molar-refractivity contribution in [3.8, 4) is 0 Å². The average molecular weight is 322 g/mol. The zero-order valence-electron chi connectivity index (χ0n) is 13.0. The van der Waals surface area contributed by atoms with E-state index in [4.69, 9.17) is 0 Å². The topological polar surface area (TPSA) is 95.5 Å². The van der Waals surface area contributed by atoms with Gasteiger partial charge in [-0.15, -0.1) is 0 Å². The molecule has 124 valence electrons. The molecule has 7 heteroatoms. The third-order valence-electron chi connectivity index (χ3n) is 3.94. The molecule has 1 aromatic rings. The van der Waals surface area contributed by atoms with E-state index in [1.165, 1.54) is 13.0 Å². The SMILES string of the molecule is CCCC(C)(NC(=O)c1cc2c(cc1F)NC(=O)CC2)C(=O)O. The number of halogens is 1. The van der Waals surface area contributed by atoms with Crippen molar-refractivity contribution in [1.82, 2.24) is 5.32 Å². The van der Waals surface area contributed by atoms with Crippen molar-refractivity contribution in [1.29, 1.82) is 0 Å². The van der Waals surface area contributed by atoms with Crippen LogP contribution < -0.4 is 10.6 Å². The maximum Gasteiger partial charge on any atom is 0.329 e. The van der Waals surface area contributed by atoms with Gasteiger partial charge in [-0.25, -0.2) is 9.18 Å². The molecule has 3 N–H and O–H groups in total. The van der Waals surface area contributed by atoms with Gasteiger partial charge in [0.1, 0.15) is 11.4 Å². The first kappa shape index (κ1) is 16.9. The third kappa shape index (κ3) is 3.49. The number of nitrogens with one attached hydrogen (secondary N) is 2. The number of benzene rings is 1. The first-order valence-corrected chi connectivity index (χ1v) is 7.45. The van der Waals surface area contributed by atoms with Gasteiger partial charge < -0.3 is 15.7 Å². The summed E-state index contributed by atoms with van der Waals surface area (Å²) in [4.78, 5) is 35.0. The first-order valence-electron chi connectivity index (χ1n) is 7.45. The van der Waals surface area contributed by atoms with Crippen LogP contribution in [0.4, 0.5) is 10.1 Å². The number of rotatable bonds is 5. The normalized spacial score (nSPS) is 16.0. The van der Waals surface area contributed by atoms with Crippen LogP contribution >= 0.6 is 0 Å². The lowest BCUT2D eigenvalue weighted by molar-refractivity contribution is -0.144. The minimum atomic E-state index is -1.46. The van der Waals surface area contributed by atoms with Gasteiger partial charge in [0.2, 0.25) is 5.91 Å². The third-order valence-corrected chi connectivity index (χ3v) is 3.94. The number of hydrogen-bond donors (Lipinski definition) is 3. The van der Waals surface area contributed by atoms with Gasteiger partial charge in [0.05, 0.1) is 5.56 Å². The molecule has 1 aromatic carbocycles. The van der Waals surface area contributed by atoms with Crippen LogP contribution in [0.5, 0.6) is 0 Å². The largest absolute Gasteiger partial charge is 0.480 e. The predicted molar refractivity (Wildman–Crippen MR) is 81.8 cm³/mol. The summed E-state index contributed by atoms with van der Waals surface area (Å²) in [7, 11) is 0. The summed E-state index contributed by atoms with van der Waals surface area (Å²) in [5, 5.41) is 14.2. The molecule has 0 aromatic heterocycles. The lowest BCUT2D eigenvalue weighted by Crippen LogP contribution is -2.52. The molecular weight excluding hydrogens is 303 g/mol. The Labute approximate surface area is 133 Å². The number of fused-ring (bicyclic) bond motifs is 1. The fraction of sp³-hybridized carbons (Fsp3) is 0.438. The molecule has 0 radical (unpaired) electrons. The Morgan fingerprint density at radius 2 is 2.09 bits per heavy atom. The second-order valence-electron chi connectivity index (χ2n) is 5.88. The molecule has 0 spiro atoms. The van der Waals surface area contributed by atoms with Gasteiger partial charge in [-0.2, -0.15) is 0 Å². The van der Waals surface area contributed by atoms with Crippen LogP contribution in [0.15, 0.2) is 12.1 Å². The van der Waals surface area contributed by atoms with E-state index in [1.807, 2.05) is 0 Å². The van der Waals surface area contributed by atoms with E-state index in [-0.39, 0.29) is 24.3 Å². The molecule has 1 aliphatic rings. The molecule has 1 unspecified atom stereocenters. The monoisotopic (exact) mass is 322 g/mol. The van der Waals surface area contributed by atoms with E-state index in [0.29, 0.717) is 24.1 Å². The highest BCUT2D eigenvalue weighted by atomic mass is 19.1. The summed E-state index contributed by atoms with van der Waals surface area (Å²) in [6, 6.07) is 2.47. The summed E-state index contributed by atoms with van der Waals surface area (Å²) >= 11 is 0. The molecule has 23 heavy (non-hydrogen) atoms. The van der Waals surface area contributed by atoms with Crippen LogP contribution in [0.1, 0.15) is 49.0 Å². The number of anilines is 1. The maximum atomic E-state index is 14.2. The van der Waals surface area contributed by atoms with E-state index in [1.54, 1.807) is 6.92 Å². The molecule has 0 fully saturated rings. The standard InChI is InChI=1S/C16H19FN2O4/c1-3-6-16(2,15(22)23)19-14(21)10-7-9-4-5-13(20)18-12(9)8-11(10)17/h7-8H,3-6H2,1-2H3,(H,18,20)(H,19,21)(H,22,23). The molecule has 0 aliphatic carbocycles. The molecule has 2 amide bonds. The number of amides is 2. The number of carbonyl (C=O) groups is 3. The Hall–Kier alpha value is -2.44. The smallest absolute Gasteiger partial charge is 0.329 e. The van der Waals surface area contributed by atoms with Crippen molar-refractivity contribution in [3.05, 3.63) is 29.1 Å². The lowest BCUT2D eigenvalue weighted by atomic mass is 9.94. The predicted octanol–water partition coefficient (Wildman–Crippen LogP) is 2.08. The first-order chi connectivity index (χ1) is 10.8. The highest BCUT2D eigenvalue weighted by Gasteiger charge is 2.35. The number of carboxylic acid groups (broad SMARTS) is 1. The Bertz CT molecular complexity index is 674. The fourth-order valence-corrected chi connectivity index (χ4v) is 2.62. The van der Waals surface area contributed by atoms with Gasteiger partial charge in [0.15, 0.2) is 0 Å². The van der Waals surface area contributed by atoms with Gasteiger partial charge in [-0.05, 0) is 37.5 Å². The van der Waals surface area contributed by atoms with E-state index < -0.39 is 23.2 Å². The van der Waals surface area contributed by atoms with Crippen LogP contribution in [-0.2, 0) is 16.0 Å². The van der Waals surface area contributed by atoms with Crippen molar-refractivity contribution in [2.75, 3.05) is 5.32 Å². The molecule has 1 aliphatic heterocycles.